The van der Waals surface area contributed by atoms with Gasteiger partial charge in [-0.3, -0.25) is 4.79 Å². The summed E-state index contributed by atoms with van der Waals surface area (Å²) < 4.78 is 0.457. The maximum atomic E-state index is 12.2. The molecular formula is C16H19BrN2O3. The highest BCUT2D eigenvalue weighted by molar-refractivity contribution is 9.10. The van der Waals surface area contributed by atoms with Crippen molar-refractivity contribution < 1.29 is 15.0 Å². The van der Waals surface area contributed by atoms with E-state index in [0.717, 1.165) is 12.8 Å². The second-order valence-corrected chi connectivity index (χ2v) is 7.29. The summed E-state index contributed by atoms with van der Waals surface area (Å²) in [4.78, 5) is 12.2. The van der Waals surface area contributed by atoms with Crippen LogP contribution in [0.2, 0.25) is 0 Å². The molecule has 0 bridgehead atoms. The van der Waals surface area contributed by atoms with Crippen LogP contribution in [0.1, 0.15) is 38.2 Å². The summed E-state index contributed by atoms with van der Waals surface area (Å²) in [5.41, 5.74) is 3.15. The number of hydrazone groups is 1. The molecule has 2 saturated carbocycles. The van der Waals surface area contributed by atoms with Gasteiger partial charge < -0.3 is 10.2 Å². The number of hydrogen-bond donors (Lipinski definition) is 3. The third-order valence-corrected chi connectivity index (χ3v) is 5.72. The van der Waals surface area contributed by atoms with Crippen LogP contribution in [0.4, 0.5) is 0 Å². The van der Waals surface area contributed by atoms with Gasteiger partial charge in [0.15, 0.2) is 0 Å². The first-order valence-electron chi connectivity index (χ1n) is 7.48. The van der Waals surface area contributed by atoms with Crippen molar-refractivity contribution in [3.63, 3.8) is 0 Å². The summed E-state index contributed by atoms with van der Waals surface area (Å²) in [7, 11) is 0. The van der Waals surface area contributed by atoms with E-state index in [1.807, 2.05) is 0 Å². The zero-order valence-electron chi connectivity index (χ0n) is 12.3. The van der Waals surface area contributed by atoms with E-state index in [9.17, 15) is 15.0 Å². The SMILES string of the molecule is C[C@]12CCCC[C@@H]1[C@@H]2C(=O)N/N=C/c1cc(Br)c(O)cc1O. The molecule has 5 nitrogen and oxygen atoms in total. The summed E-state index contributed by atoms with van der Waals surface area (Å²) >= 11 is 3.17. The molecule has 2 fully saturated rings. The molecule has 3 rings (SSSR count). The van der Waals surface area contributed by atoms with E-state index in [-0.39, 0.29) is 28.7 Å². The van der Waals surface area contributed by atoms with Crippen molar-refractivity contribution in [2.45, 2.75) is 32.6 Å². The van der Waals surface area contributed by atoms with Crippen molar-refractivity contribution in [3.05, 3.63) is 22.2 Å². The van der Waals surface area contributed by atoms with Crippen LogP contribution in [-0.4, -0.2) is 22.3 Å². The fraction of sp³-hybridized carbons (Fsp3) is 0.500. The number of phenols is 2. The van der Waals surface area contributed by atoms with Crippen LogP contribution in [0.25, 0.3) is 0 Å². The largest absolute Gasteiger partial charge is 0.507 e. The maximum Gasteiger partial charge on any atom is 0.244 e. The molecule has 1 aromatic rings. The van der Waals surface area contributed by atoms with E-state index >= 15 is 0 Å². The highest BCUT2D eigenvalue weighted by atomic mass is 79.9. The molecule has 0 spiro atoms. The lowest BCUT2D eigenvalue weighted by Crippen LogP contribution is -2.22. The van der Waals surface area contributed by atoms with Crippen LogP contribution < -0.4 is 5.43 Å². The van der Waals surface area contributed by atoms with Gasteiger partial charge in [0.05, 0.1) is 10.7 Å². The van der Waals surface area contributed by atoms with E-state index in [1.54, 1.807) is 6.07 Å². The van der Waals surface area contributed by atoms with Gasteiger partial charge in [-0.2, -0.15) is 5.10 Å². The Kier molecular flexibility index (Phi) is 3.89. The number of halogens is 1. The Bertz CT molecular complexity index is 647. The number of amides is 1. The Morgan fingerprint density at radius 1 is 1.41 bits per heavy atom. The van der Waals surface area contributed by atoms with E-state index < -0.39 is 0 Å². The molecule has 0 radical (unpaired) electrons. The number of benzene rings is 1. The molecule has 3 N–H and O–H groups in total. The number of fused-ring (bicyclic) bond motifs is 1. The predicted octanol–water partition coefficient (Wildman–Crippen LogP) is 3.14. The normalized spacial score (nSPS) is 30.1. The quantitative estimate of drug-likeness (QED) is 0.567. The van der Waals surface area contributed by atoms with Crippen molar-refractivity contribution >= 4 is 28.1 Å². The first-order valence-corrected chi connectivity index (χ1v) is 8.27. The lowest BCUT2D eigenvalue weighted by molar-refractivity contribution is -0.123. The Hall–Kier alpha value is -1.56. The first-order chi connectivity index (χ1) is 10.4. The molecule has 2 aliphatic carbocycles. The summed E-state index contributed by atoms with van der Waals surface area (Å²) in [6.45, 7) is 2.19. The van der Waals surface area contributed by atoms with E-state index in [1.165, 1.54) is 25.1 Å². The Morgan fingerprint density at radius 3 is 2.86 bits per heavy atom. The summed E-state index contributed by atoms with van der Waals surface area (Å²) in [6, 6.07) is 2.77. The Labute approximate surface area is 137 Å². The maximum absolute atomic E-state index is 12.2. The van der Waals surface area contributed by atoms with Crippen molar-refractivity contribution in [1.82, 2.24) is 5.43 Å². The molecule has 118 valence electrons. The van der Waals surface area contributed by atoms with Crippen LogP contribution in [-0.2, 0) is 4.79 Å². The zero-order valence-corrected chi connectivity index (χ0v) is 13.9. The second kappa shape index (κ2) is 5.57. The van der Waals surface area contributed by atoms with Crippen LogP contribution in [0.3, 0.4) is 0 Å². The van der Waals surface area contributed by atoms with Gasteiger partial charge >= 0.3 is 0 Å². The lowest BCUT2D eigenvalue weighted by atomic mass is 9.90. The first kappa shape index (κ1) is 15.3. The van der Waals surface area contributed by atoms with Crippen LogP contribution >= 0.6 is 15.9 Å². The monoisotopic (exact) mass is 366 g/mol. The minimum absolute atomic E-state index is 0.0389. The van der Waals surface area contributed by atoms with Gasteiger partial charge in [-0.15, -0.1) is 0 Å². The Morgan fingerprint density at radius 2 is 2.18 bits per heavy atom. The van der Waals surface area contributed by atoms with E-state index in [0.29, 0.717) is 16.0 Å². The summed E-state index contributed by atoms with van der Waals surface area (Å²) in [5.74, 6) is 0.377. The summed E-state index contributed by atoms with van der Waals surface area (Å²) in [5, 5.41) is 23.1. The highest BCUT2D eigenvalue weighted by Crippen LogP contribution is 2.66. The van der Waals surface area contributed by atoms with Crippen LogP contribution in [0.5, 0.6) is 11.5 Å². The number of nitrogens with zero attached hydrogens (tertiary/aromatic N) is 1. The molecular weight excluding hydrogens is 348 g/mol. The molecule has 0 heterocycles. The molecule has 0 aromatic heterocycles. The van der Waals surface area contributed by atoms with Gasteiger partial charge in [-0.25, -0.2) is 5.43 Å². The number of rotatable bonds is 3. The van der Waals surface area contributed by atoms with Crippen molar-refractivity contribution in [1.29, 1.82) is 0 Å². The number of nitrogens with one attached hydrogen (secondary N) is 1. The van der Waals surface area contributed by atoms with Gasteiger partial charge in [-0.05, 0) is 46.2 Å². The molecule has 22 heavy (non-hydrogen) atoms. The van der Waals surface area contributed by atoms with E-state index in [2.05, 4.69) is 33.4 Å². The number of hydrogen-bond acceptors (Lipinski definition) is 4. The molecule has 0 unspecified atom stereocenters. The van der Waals surface area contributed by atoms with E-state index in [4.69, 9.17) is 0 Å². The zero-order chi connectivity index (χ0) is 15.9. The summed E-state index contributed by atoms with van der Waals surface area (Å²) in [6.07, 6.45) is 6.04. The van der Waals surface area contributed by atoms with Crippen molar-refractivity contribution in [2.24, 2.45) is 22.4 Å². The van der Waals surface area contributed by atoms with Gasteiger partial charge in [-0.1, -0.05) is 19.8 Å². The number of aromatic hydroxyl groups is 2. The molecule has 3 atom stereocenters. The minimum atomic E-state index is -0.0919. The molecule has 2 aliphatic rings. The fourth-order valence-electron chi connectivity index (χ4n) is 3.76. The van der Waals surface area contributed by atoms with Crippen molar-refractivity contribution in [2.75, 3.05) is 0 Å². The smallest absolute Gasteiger partial charge is 0.244 e. The third kappa shape index (κ3) is 2.60. The Balaban J connectivity index is 1.63. The molecule has 1 aromatic carbocycles. The van der Waals surface area contributed by atoms with Gasteiger partial charge in [0.25, 0.3) is 0 Å². The predicted molar refractivity (Wildman–Crippen MR) is 86.8 cm³/mol. The topological polar surface area (TPSA) is 81.9 Å². The molecule has 6 heteroatoms. The van der Waals surface area contributed by atoms with Gasteiger partial charge in [0.2, 0.25) is 5.91 Å². The van der Waals surface area contributed by atoms with Crippen LogP contribution in [0.15, 0.2) is 21.7 Å². The highest BCUT2D eigenvalue weighted by Gasteiger charge is 2.64. The minimum Gasteiger partial charge on any atom is -0.507 e. The van der Waals surface area contributed by atoms with Gasteiger partial charge in [0, 0.05) is 17.5 Å². The number of carbonyl (C=O) groups is 1. The standard InChI is InChI=1S/C16H19BrN2O3/c1-16-5-3-2-4-10(16)14(16)15(22)19-18-8-9-6-11(17)13(21)7-12(9)20/h6-8,10,14,20-21H,2-5H2,1H3,(H,19,22)/b18-8+/t10-,14-,16+/m1/s1. The average molecular weight is 367 g/mol. The molecule has 0 saturated heterocycles. The lowest BCUT2D eigenvalue weighted by Gasteiger charge is -2.15. The average Bonchev–Trinajstić information content (AvgIpc) is 3.10. The fourth-order valence-corrected chi connectivity index (χ4v) is 4.12. The number of phenolic OH excluding ortho intramolecular Hbond substituents is 2. The molecule has 0 aliphatic heterocycles. The number of carbonyl (C=O) groups excluding carboxylic acids is 1. The van der Waals surface area contributed by atoms with Gasteiger partial charge in [0.1, 0.15) is 11.5 Å². The molecule has 1 amide bonds. The second-order valence-electron chi connectivity index (χ2n) is 6.43. The third-order valence-electron chi connectivity index (χ3n) is 5.09. The van der Waals surface area contributed by atoms with Crippen molar-refractivity contribution in [3.8, 4) is 11.5 Å². The van der Waals surface area contributed by atoms with Crippen LogP contribution in [0, 0.1) is 17.3 Å².